The number of hydrogen-bond acceptors (Lipinski definition) is 5. The number of carbonyl (C=O) groups excluding carboxylic acids is 1. The van der Waals surface area contributed by atoms with Crippen molar-refractivity contribution in [3.63, 3.8) is 0 Å². The zero-order valence-corrected chi connectivity index (χ0v) is 14.1. The van der Waals surface area contributed by atoms with Crippen molar-refractivity contribution in [3.05, 3.63) is 41.2 Å². The highest BCUT2D eigenvalue weighted by Crippen LogP contribution is 2.18. The number of nitrogens with zero attached hydrogens (tertiary/aromatic N) is 5. The van der Waals surface area contributed by atoms with E-state index in [0.717, 1.165) is 23.3 Å². The molecule has 1 aliphatic heterocycles. The normalized spacial score (nSPS) is 14.2. The third kappa shape index (κ3) is 3.15. The number of benzene rings is 1. The molecule has 0 saturated carbocycles. The molecule has 0 atom stereocenters. The number of aryl methyl sites for hydroxylation is 2. The van der Waals surface area contributed by atoms with Crippen molar-refractivity contribution >= 4 is 22.9 Å². The Balaban J connectivity index is 1.54. The van der Waals surface area contributed by atoms with Gasteiger partial charge in [0, 0.05) is 25.1 Å². The highest BCUT2D eigenvalue weighted by molar-refractivity contribution is 5.97. The Bertz CT molecular complexity index is 976. The van der Waals surface area contributed by atoms with Crippen molar-refractivity contribution in [2.75, 3.05) is 6.54 Å². The topological polar surface area (TPSA) is 117 Å². The highest BCUT2D eigenvalue weighted by Gasteiger charge is 2.22. The standard InChI is InChI=1S/C17H18N6O3/c24-16(25)5-3-12-9-13-10-22(6-1-7-23(13)20-12)17(26)11-2-4-14-15(8-11)19-21-18-14/h2,4,8-9H,1,3,5-7,10H2,(H,24,25)(H,18,19,21). The molecular formula is C17H18N6O3. The predicted octanol–water partition coefficient (Wildman–Crippen LogP) is 1.22. The van der Waals surface area contributed by atoms with Crippen molar-refractivity contribution in [3.8, 4) is 0 Å². The van der Waals surface area contributed by atoms with Crippen LogP contribution in [0.15, 0.2) is 24.3 Å². The van der Waals surface area contributed by atoms with Crippen LogP contribution >= 0.6 is 0 Å². The molecule has 0 unspecified atom stereocenters. The van der Waals surface area contributed by atoms with Crippen molar-refractivity contribution in [1.29, 1.82) is 0 Å². The van der Waals surface area contributed by atoms with Crippen molar-refractivity contribution in [2.24, 2.45) is 0 Å². The molecule has 1 amide bonds. The quantitative estimate of drug-likeness (QED) is 0.727. The van der Waals surface area contributed by atoms with Gasteiger partial charge in [-0.05, 0) is 30.7 Å². The molecule has 4 rings (SSSR count). The minimum absolute atomic E-state index is 0.0524. The van der Waals surface area contributed by atoms with Gasteiger partial charge in [0.15, 0.2) is 0 Å². The summed E-state index contributed by atoms with van der Waals surface area (Å²) < 4.78 is 1.88. The second-order valence-corrected chi connectivity index (χ2v) is 6.35. The Hall–Kier alpha value is -3.23. The number of hydrogen-bond donors (Lipinski definition) is 2. The molecule has 134 valence electrons. The lowest BCUT2D eigenvalue weighted by molar-refractivity contribution is -0.136. The molecule has 2 N–H and O–H groups in total. The molecule has 3 heterocycles. The van der Waals surface area contributed by atoms with Crippen LogP contribution in [0.5, 0.6) is 0 Å². The summed E-state index contributed by atoms with van der Waals surface area (Å²) in [5, 5.41) is 23.9. The molecular weight excluding hydrogens is 336 g/mol. The van der Waals surface area contributed by atoms with Gasteiger partial charge in [-0.2, -0.15) is 20.5 Å². The van der Waals surface area contributed by atoms with Gasteiger partial charge in [-0.3, -0.25) is 14.3 Å². The number of carboxylic acid groups (broad SMARTS) is 1. The molecule has 9 nitrogen and oxygen atoms in total. The molecule has 3 aromatic rings. The molecule has 0 radical (unpaired) electrons. The number of rotatable bonds is 4. The number of aliphatic carboxylic acids is 1. The first-order valence-corrected chi connectivity index (χ1v) is 8.47. The number of nitrogens with one attached hydrogen (secondary N) is 1. The highest BCUT2D eigenvalue weighted by atomic mass is 16.4. The molecule has 1 aromatic carbocycles. The number of fused-ring (bicyclic) bond motifs is 2. The average Bonchev–Trinajstić information content (AvgIpc) is 3.20. The van der Waals surface area contributed by atoms with Crippen LogP contribution in [0.3, 0.4) is 0 Å². The van der Waals surface area contributed by atoms with E-state index in [0.29, 0.717) is 37.1 Å². The number of carboxylic acids is 1. The number of carbonyl (C=O) groups is 2. The van der Waals surface area contributed by atoms with E-state index in [-0.39, 0.29) is 12.3 Å². The van der Waals surface area contributed by atoms with Crippen molar-refractivity contribution < 1.29 is 14.7 Å². The summed E-state index contributed by atoms with van der Waals surface area (Å²) in [5.41, 5.74) is 3.63. The van der Waals surface area contributed by atoms with Gasteiger partial charge in [0.05, 0.1) is 24.4 Å². The minimum atomic E-state index is -0.840. The lowest BCUT2D eigenvalue weighted by Gasteiger charge is -2.20. The third-order valence-corrected chi connectivity index (χ3v) is 4.51. The Morgan fingerprint density at radius 1 is 1.15 bits per heavy atom. The first-order chi connectivity index (χ1) is 12.6. The molecule has 9 heteroatoms. The third-order valence-electron chi connectivity index (χ3n) is 4.51. The number of aromatic amines is 1. The molecule has 26 heavy (non-hydrogen) atoms. The van der Waals surface area contributed by atoms with Gasteiger partial charge in [0.2, 0.25) is 0 Å². The Kier molecular flexibility index (Phi) is 4.11. The van der Waals surface area contributed by atoms with Crippen LogP contribution in [0.2, 0.25) is 0 Å². The Morgan fingerprint density at radius 3 is 2.85 bits per heavy atom. The van der Waals surface area contributed by atoms with Crippen LogP contribution in [0.4, 0.5) is 0 Å². The largest absolute Gasteiger partial charge is 0.481 e. The number of amides is 1. The van der Waals surface area contributed by atoms with Gasteiger partial charge in [-0.1, -0.05) is 0 Å². The van der Waals surface area contributed by atoms with Gasteiger partial charge in [0.25, 0.3) is 5.91 Å². The van der Waals surface area contributed by atoms with Gasteiger partial charge in [-0.15, -0.1) is 0 Å². The van der Waals surface area contributed by atoms with Crippen LogP contribution < -0.4 is 0 Å². The fourth-order valence-electron chi connectivity index (χ4n) is 3.21. The van der Waals surface area contributed by atoms with Crippen LogP contribution in [-0.2, 0) is 24.3 Å². The first-order valence-electron chi connectivity index (χ1n) is 8.47. The van der Waals surface area contributed by atoms with Gasteiger partial charge >= 0.3 is 5.97 Å². The smallest absolute Gasteiger partial charge is 0.303 e. The van der Waals surface area contributed by atoms with E-state index < -0.39 is 5.97 Å². The van der Waals surface area contributed by atoms with Crippen LogP contribution in [0, 0.1) is 0 Å². The van der Waals surface area contributed by atoms with Crippen LogP contribution in [0.1, 0.15) is 34.6 Å². The second kappa shape index (κ2) is 6.58. The van der Waals surface area contributed by atoms with E-state index in [1.165, 1.54) is 0 Å². The van der Waals surface area contributed by atoms with Gasteiger partial charge < -0.3 is 10.0 Å². The van der Waals surface area contributed by atoms with E-state index in [1.807, 2.05) is 10.7 Å². The fraction of sp³-hybridized carbons (Fsp3) is 0.353. The van der Waals surface area contributed by atoms with Crippen LogP contribution in [-0.4, -0.2) is 53.6 Å². The molecule has 0 bridgehead atoms. The molecule has 0 fully saturated rings. The molecule has 0 saturated heterocycles. The molecule has 1 aliphatic rings. The van der Waals surface area contributed by atoms with E-state index in [2.05, 4.69) is 20.5 Å². The summed E-state index contributed by atoms with van der Waals surface area (Å²) in [4.78, 5) is 25.4. The maximum absolute atomic E-state index is 12.9. The lowest BCUT2D eigenvalue weighted by atomic mass is 10.1. The van der Waals surface area contributed by atoms with E-state index in [1.54, 1.807) is 23.1 Å². The minimum Gasteiger partial charge on any atom is -0.481 e. The van der Waals surface area contributed by atoms with Gasteiger partial charge in [-0.25, -0.2) is 0 Å². The van der Waals surface area contributed by atoms with Gasteiger partial charge in [0.1, 0.15) is 11.0 Å². The first kappa shape index (κ1) is 16.2. The fourth-order valence-corrected chi connectivity index (χ4v) is 3.21. The summed E-state index contributed by atoms with van der Waals surface area (Å²) in [6, 6.07) is 7.17. The SMILES string of the molecule is O=C(O)CCc1cc2n(n1)CCCN(C(=O)c1ccc3n[nH]nc3c1)C2. The van der Waals surface area contributed by atoms with Crippen molar-refractivity contribution in [2.45, 2.75) is 32.4 Å². The Morgan fingerprint density at radius 2 is 2.00 bits per heavy atom. The summed E-state index contributed by atoms with van der Waals surface area (Å²) >= 11 is 0. The summed E-state index contributed by atoms with van der Waals surface area (Å²) in [6.45, 7) is 1.81. The molecule has 2 aromatic heterocycles. The van der Waals surface area contributed by atoms with E-state index in [4.69, 9.17) is 5.11 Å². The maximum Gasteiger partial charge on any atom is 0.303 e. The number of aromatic nitrogens is 5. The lowest BCUT2D eigenvalue weighted by Crippen LogP contribution is -2.30. The van der Waals surface area contributed by atoms with Crippen LogP contribution in [0.25, 0.3) is 11.0 Å². The summed E-state index contributed by atoms with van der Waals surface area (Å²) in [6.07, 6.45) is 1.24. The molecule has 0 aliphatic carbocycles. The monoisotopic (exact) mass is 354 g/mol. The molecule has 0 spiro atoms. The zero-order valence-electron chi connectivity index (χ0n) is 14.1. The van der Waals surface area contributed by atoms with Crippen molar-refractivity contribution in [1.82, 2.24) is 30.1 Å². The summed E-state index contributed by atoms with van der Waals surface area (Å²) in [5.74, 6) is -0.898. The average molecular weight is 354 g/mol. The Labute approximate surface area is 148 Å². The second-order valence-electron chi connectivity index (χ2n) is 6.35. The zero-order chi connectivity index (χ0) is 18.1. The maximum atomic E-state index is 12.9. The summed E-state index contributed by atoms with van der Waals surface area (Å²) in [7, 11) is 0. The van der Waals surface area contributed by atoms with E-state index >= 15 is 0 Å². The number of H-pyrrole nitrogens is 1. The van der Waals surface area contributed by atoms with E-state index in [9.17, 15) is 9.59 Å². The predicted molar refractivity (Wildman–Crippen MR) is 91.4 cm³/mol.